The number of benzene rings is 1. The van der Waals surface area contributed by atoms with Crippen LogP contribution in [0.4, 0.5) is 0 Å². The molecule has 100 valence electrons. The molecule has 1 aliphatic heterocycles. The van der Waals surface area contributed by atoms with Gasteiger partial charge in [-0.25, -0.2) is 0 Å². The molecule has 1 aliphatic rings. The van der Waals surface area contributed by atoms with Crippen LogP contribution < -0.4 is 10.1 Å². The number of fused-ring (bicyclic) bond motifs is 1. The SMILES string of the molecule is Cc1[nH]ncc1CNC(C)c1ccc2c(c1)CCO2. The first-order chi connectivity index (χ1) is 9.24. The average Bonchev–Trinajstić information content (AvgIpc) is 3.03. The molecule has 0 fully saturated rings. The first-order valence-electron chi connectivity index (χ1n) is 6.72. The maximum atomic E-state index is 5.53. The van der Waals surface area contributed by atoms with E-state index in [2.05, 4.69) is 40.6 Å². The fourth-order valence-electron chi connectivity index (χ4n) is 2.41. The monoisotopic (exact) mass is 257 g/mol. The summed E-state index contributed by atoms with van der Waals surface area (Å²) in [6.07, 6.45) is 2.91. The molecule has 1 atom stereocenters. The number of aryl methyl sites for hydroxylation is 1. The van der Waals surface area contributed by atoms with Crippen LogP contribution >= 0.6 is 0 Å². The van der Waals surface area contributed by atoms with Gasteiger partial charge in [-0.2, -0.15) is 5.10 Å². The number of rotatable bonds is 4. The summed E-state index contributed by atoms with van der Waals surface area (Å²) < 4.78 is 5.53. The molecule has 2 heterocycles. The fraction of sp³-hybridized carbons (Fsp3) is 0.400. The summed E-state index contributed by atoms with van der Waals surface area (Å²) in [5, 5.41) is 10.5. The highest BCUT2D eigenvalue weighted by Gasteiger charge is 2.14. The molecule has 0 aliphatic carbocycles. The van der Waals surface area contributed by atoms with Gasteiger partial charge < -0.3 is 10.1 Å². The molecule has 0 saturated carbocycles. The third-order valence-electron chi connectivity index (χ3n) is 3.75. The maximum Gasteiger partial charge on any atom is 0.122 e. The van der Waals surface area contributed by atoms with Crippen molar-refractivity contribution in [1.29, 1.82) is 0 Å². The molecule has 0 saturated heterocycles. The van der Waals surface area contributed by atoms with Gasteiger partial charge in [0, 0.05) is 30.3 Å². The zero-order valence-electron chi connectivity index (χ0n) is 11.4. The summed E-state index contributed by atoms with van der Waals surface area (Å²) in [6.45, 7) is 5.88. The van der Waals surface area contributed by atoms with Gasteiger partial charge in [0.15, 0.2) is 0 Å². The summed E-state index contributed by atoms with van der Waals surface area (Å²) in [5.41, 5.74) is 4.98. The van der Waals surface area contributed by atoms with Gasteiger partial charge in [-0.3, -0.25) is 5.10 Å². The van der Waals surface area contributed by atoms with Crippen LogP contribution in [0, 0.1) is 6.92 Å². The Kier molecular flexibility index (Phi) is 3.25. The Labute approximate surface area is 113 Å². The molecule has 1 aromatic carbocycles. The van der Waals surface area contributed by atoms with Crippen LogP contribution in [0.5, 0.6) is 5.75 Å². The second-order valence-electron chi connectivity index (χ2n) is 5.09. The average molecular weight is 257 g/mol. The maximum absolute atomic E-state index is 5.53. The van der Waals surface area contributed by atoms with Crippen molar-refractivity contribution in [3.05, 3.63) is 46.8 Å². The lowest BCUT2D eigenvalue weighted by atomic mass is 10.0. The highest BCUT2D eigenvalue weighted by Crippen LogP contribution is 2.28. The van der Waals surface area contributed by atoms with Crippen molar-refractivity contribution >= 4 is 0 Å². The van der Waals surface area contributed by atoms with Crippen molar-refractivity contribution in [2.45, 2.75) is 32.9 Å². The van der Waals surface area contributed by atoms with Gasteiger partial charge >= 0.3 is 0 Å². The standard InChI is InChI=1S/C15H19N3O/c1-10(16-8-14-9-17-18-11(14)2)12-3-4-15-13(7-12)5-6-19-15/h3-4,7,9-10,16H,5-6,8H2,1-2H3,(H,17,18). The molecule has 0 amide bonds. The first-order valence-corrected chi connectivity index (χ1v) is 6.72. The van der Waals surface area contributed by atoms with Gasteiger partial charge in [-0.1, -0.05) is 12.1 Å². The number of aromatic nitrogens is 2. The van der Waals surface area contributed by atoms with E-state index in [-0.39, 0.29) is 0 Å². The second-order valence-corrected chi connectivity index (χ2v) is 5.09. The van der Waals surface area contributed by atoms with Crippen molar-refractivity contribution in [2.75, 3.05) is 6.61 Å². The van der Waals surface area contributed by atoms with Crippen molar-refractivity contribution in [1.82, 2.24) is 15.5 Å². The minimum atomic E-state index is 0.320. The van der Waals surface area contributed by atoms with Crippen LogP contribution in [0.1, 0.15) is 35.3 Å². The first kappa shape index (κ1) is 12.2. The third-order valence-corrected chi connectivity index (χ3v) is 3.75. The molecule has 19 heavy (non-hydrogen) atoms. The van der Waals surface area contributed by atoms with Gasteiger partial charge in [0.05, 0.1) is 12.8 Å². The Balaban J connectivity index is 1.67. The molecule has 3 rings (SSSR count). The molecule has 2 aromatic rings. The topological polar surface area (TPSA) is 49.9 Å². The van der Waals surface area contributed by atoms with Crippen molar-refractivity contribution in [3.63, 3.8) is 0 Å². The summed E-state index contributed by atoms with van der Waals surface area (Å²) >= 11 is 0. The number of aromatic amines is 1. The predicted octanol–water partition coefficient (Wildman–Crippen LogP) is 2.50. The van der Waals surface area contributed by atoms with E-state index in [0.717, 1.165) is 31.0 Å². The van der Waals surface area contributed by atoms with E-state index in [1.54, 1.807) is 0 Å². The van der Waals surface area contributed by atoms with E-state index in [0.29, 0.717) is 6.04 Å². The Morgan fingerprint density at radius 2 is 2.37 bits per heavy atom. The van der Waals surface area contributed by atoms with E-state index in [4.69, 9.17) is 4.74 Å². The molecule has 4 heteroatoms. The Hall–Kier alpha value is -1.81. The van der Waals surface area contributed by atoms with Crippen LogP contribution in [-0.4, -0.2) is 16.8 Å². The molecule has 4 nitrogen and oxygen atoms in total. The molecule has 2 N–H and O–H groups in total. The van der Waals surface area contributed by atoms with E-state index in [9.17, 15) is 0 Å². The summed E-state index contributed by atoms with van der Waals surface area (Å²) in [7, 11) is 0. The van der Waals surface area contributed by atoms with E-state index >= 15 is 0 Å². The molecule has 0 bridgehead atoms. The van der Waals surface area contributed by atoms with Crippen molar-refractivity contribution in [3.8, 4) is 5.75 Å². The van der Waals surface area contributed by atoms with Crippen LogP contribution in [0.3, 0.4) is 0 Å². The highest BCUT2D eigenvalue weighted by atomic mass is 16.5. The van der Waals surface area contributed by atoms with E-state index in [1.807, 2.05) is 13.1 Å². The smallest absolute Gasteiger partial charge is 0.122 e. The number of H-pyrrole nitrogens is 1. The highest BCUT2D eigenvalue weighted by molar-refractivity contribution is 5.40. The van der Waals surface area contributed by atoms with Gasteiger partial charge in [-0.15, -0.1) is 0 Å². The zero-order chi connectivity index (χ0) is 13.2. The van der Waals surface area contributed by atoms with Gasteiger partial charge in [-0.05, 0) is 31.0 Å². The molecular formula is C15H19N3O. The van der Waals surface area contributed by atoms with E-state index in [1.165, 1.54) is 16.7 Å². The molecule has 1 aromatic heterocycles. The summed E-state index contributed by atoms with van der Waals surface area (Å²) in [4.78, 5) is 0. The number of hydrogen-bond acceptors (Lipinski definition) is 3. The molecule has 1 unspecified atom stereocenters. The van der Waals surface area contributed by atoms with Gasteiger partial charge in [0.1, 0.15) is 5.75 Å². The Bertz CT molecular complexity index is 577. The summed E-state index contributed by atoms with van der Waals surface area (Å²) in [6, 6.07) is 6.80. The lowest BCUT2D eigenvalue weighted by Crippen LogP contribution is -2.18. The number of ether oxygens (including phenoxy) is 1. The van der Waals surface area contributed by atoms with Gasteiger partial charge in [0.2, 0.25) is 0 Å². The minimum Gasteiger partial charge on any atom is -0.493 e. The summed E-state index contributed by atoms with van der Waals surface area (Å²) in [5.74, 6) is 1.04. The number of nitrogens with zero attached hydrogens (tertiary/aromatic N) is 1. The third kappa shape index (κ3) is 2.49. The molecule has 0 radical (unpaired) electrons. The predicted molar refractivity (Wildman–Crippen MR) is 74.2 cm³/mol. The second kappa shape index (κ2) is 5.05. The zero-order valence-corrected chi connectivity index (χ0v) is 11.4. The van der Waals surface area contributed by atoms with Crippen molar-refractivity contribution in [2.24, 2.45) is 0 Å². The molecule has 0 spiro atoms. The van der Waals surface area contributed by atoms with Crippen LogP contribution in [0.2, 0.25) is 0 Å². The lowest BCUT2D eigenvalue weighted by molar-refractivity contribution is 0.356. The van der Waals surface area contributed by atoms with Crippen LogP contribution in [-0.2, 0) is 13.0 Å². The Morgan fingerprint density at radius 3 is 3.16 bits per heavy atom. The lowest BCUT2D eigenvalue weighted by Gasteiger charge is -2.15. The van der Waals surface area contributed by atoms with Crippen molar-refractivity contribution < 1.29 is 4.74 Å². The van der Waals surface area contributed by atoms with E-state index < -0.39 is 0 Å². The Morgan fingerprint density at radius 1 is 1.47 bits per heavy atom. The number of nitrogens with one attached hydrogen (secondary N) is 2. The molecular weight excluding hydrogens is 238 g/mol. The normalized spacial score (nSPS) is 15.1. The van der Waals surface area contributed by atoms with Crippen LogP contribution in [0.25, 0.3) is 0 Å². The largest absolute Gasteiger partial charge is 0.493 e. The minimum absolute atomic E-state index is 0.320. The van der Waals surface area contributed by atoms with Gasteiger partial charge in [0.25, 0.3) is 0 Å². The quantitative estimate of drug-likeness (QED) is 0.884. The van der Waals surface area contributed by atoms with Crippen LogP contribution in [0.15, 0.2) is 24.4 Å². The number of hydrogen-bond donors (Lipinski definition) is 2. The fourth-order valence-corrected chi connectivity index (χ4v) is 2.41.